The molecule has 4 nitrogen and oxygen atoms in total. The molecule has 3 aromatic heterocycles. The monoisotopic (exact) mass is 306 g/mol. The fraction of sp³-hybridized carbons (Fsp3) is 0.0833. The van der Waals surface area contributed by atoms with E-state index in [1.165, 1.54) is 12.3 Å². The summed E-state index contributed by atoms with van der Waals surface area (Å²) < 4.78 is 15.6. The molecule has 3 heterocycles. The molecule has 3 rings (SSSR count). The van der Waals surface area contributed by atoms with Gasteiger partial charge in [-0.2, -0.15) is 0 Å². The van der Waals surface area contributed by atoms with Gasteiger partial charge in [0.2, 0.25) is 0 Å². The number of nitrogens with zero attached hydrogens (tertiary/aromatic N) is 4. The van der Waals surface area contributed by atoms with Crippen molar-refractivity contribution in [2.24, 2.45) is 7.05 Å². The lowest BCUT2D eigenvalue weighted by atomic mass is 10.3. The zero-order valence-electron chi connectivity index (χ0n) is 9.43. The Hall–Kier alpha value is -1.82. The van der Waals surface area contributed by atoms with Gasteiger partial charge in [0.1, 0.15) is 11.5 Å². The molecule has 0 amide bonds. The van der Waals surface area contributed by atoms with E-state index in [4.69, 9.17) is 0 Å². The van der Waals surface area contributed by atoms with Gasteiger partial charge in [0, 0.05) is 17.7 Å². The van der Waals surface area contributed by atoms with Gasteiger partial charge in [-0.05, 0) is 34.1 Å². The minimum Gasteiger partial charge on any atom is -0.324 e. The summed E-state index contributed by atoms with van der Waals surface area (Å²) in [5.41, 5.74) is 2.15. The first kappa shape index (κ1) is 11.3. The second-order valence-electron chi connectivity index (χ2n) is 3.85. The molecule has 0 atom stereocenters. The van der Waals surface area contributed by atoms with Crippen LogP contribution in [0.25, 0.3) is 22.7 Å². The van der Waals surface area contributed by atoms with E-state index in [0.29, 0.717) is 17.2 Å². The van der Waals surface area contributed by atoms with Crippen molar-refractivity contribution in [3.05, 3.63) is 40.9 Å². The molecule has 0 aliphatic carbocycles. The first-order chi connectivity index (χ1) is 8.65. The number of fused-ring (bicyclic) bond motifs is 1. The van der Waals surface area contributed by atoms with Crippen LogP contribution in [0.3, 0.4) is 0 Å². The second-order valence-corrected chi connectivity index (χ2v) is 4.77. The fourth-order valence-electron chi connectivity index (χ4n) is 1.78. The third-order valence-corrected chi connectivity index (χ3v) is 3.09. The summed E-state index contributed by atoms with van der Waals surface area (Å²) >= 11 is 3.37. The van der Waals surface area contributed by atoms with Gasteiger partial charge in [0.15, 0.2) is 11.5 Å². The standard InChI is InChI=1S/C12H8BrFN4/c1-18-10-4-7(13)5-16-11(10)17-12(18)9-3-2-8(14)6-15-9/h2-6H,1H3. The van der Waals surface area contributed by atoms with Gasteiger partial charge >= 0.3 is 0 Å². The van der Waals surface area contributed by atoms with Crippen molar-refractivity contribution >= 4 is 27.1 Å². The Morgan fingerprint density at radius 2 is 2.06 bits per heavy atom. The molecule has 18 heavy (non-hydrogen) atoms. The van der Waals surface area contributed by atoms with E-state index in [0.717, 1.165) is 9.99 Å². The van der Waals surface area contributed by atoms with E-state index in [1.807, 2.05) is 17.7 Å². The third kappa shape index (κ3) is 1.78. The summed E-state index contributed by atoms with van der Waals surface area (Å²) in [5, 5.41) is 0. The molecule has 0 aromatic carbocycles. The third-order valence-electron chi connectivity index (χ3n) is 2.66. The number of aryl methyl sites for hydroxylation is 1. The first-order valence-electron chi connectivity index (χ1n) is 5.25. The molecule has 0 aliphatic rings. The molecule has 0 saturated heterocycles. The molecule has 0 bridgehead atoms. The number of hydrogen-bond donors (Lipinski definition) is 0. The number of aromatic nitrogens is 4. The van der Waals surface area contributed by atoms with Crippen LogP contribution in [0.15, 0.2) is 35.1 Å². The smallest absolute Gasteiger partial charge is 0.178 e. The number of pyridine rings is 2. The van der Waals surface area contributed by atoms with Crippen LogP contribution in [-0.4, -0.2) is 19.5 Å². The molecule has 90 valence electrons. The summed E-state index contributed by atoms with van der Waals surface area (Å²) in [6.45, 7) is 0. The van der Waals surface area contributed by atoms with Crippen LogP contribution >= 0.6 is 15.9 Å². The van der Waals surface area contributed by atoms with Gasteiger partial charge in [-0.15, -0.1) is 0 Å². The van der Waals surface area contributed by atoms with Gasteiger partial charge < -0.3 is 4.57 Å². The van der Waals surface area contributed by atoms with Crippen LogP contribution in [0.5, 0.6) is 0 Å². The summed E-state index contributed by atoms with van der Waals surface area (Å²) in [6.07, 6.45) is 2.87. The van der Waals surface area contributed by atoms with Crippen molar-refractivity contribution in [3.63, 3.8) is 0 Å². The van der Waals surface area contributed by atoms with Crippen molar-refractivity contribution in [2.45, 2.75) is 0 Å². The van der Waals surface area contributed by atoms with Crippen LogP contribution in [0, 0.1) is 5.82 Å². The number of rotatable bonds is 1. The van der Waals surface area contributed by atoms with Crippen molar-refractivity contribution < 1.29 is 4.39 Å². The largest absolute Gasteiger partial charge is 0.324 e. The lowest BCUT2D eigenvalue weighted by Crippen LogP contribution is -1.94. The van der Waals surface area contributed by atoms with Crippen molar-refractivity contribution in [1.82, 2.24) is 19.5 Å². The predicted molar refractivity (Wildman–Crippen MR) is 69.4 cm³/mol. The highest BCUT2D eigenvalue weighted by molar-refractivity contribution is 9.10. The number of imidazole rings is 1. The van der Waals surface area contributed by atoms with Gasteiger partial charge in [-0.25, -0.2) is 19.3 Å². The molecule has 6 heteroatoms. The molecule has 0 radical (unpaired) electrons. The molecule has 3 aromatic rings. The molecule has 0 fully saturated rings. The summed E-state index contributed by atoms with van der Waals surface area (Å²) in [7, 11) is 1.88. The fourth-order valence-corrected chi connectivity index (χ4v) is 2.10. The first-order valence-corrected chi connectivity index (χ1v) is 6.04. The molecule has 0 aliphatic heterocycles. The Morgan fingerprint density at radius 1 is 1.22 bits per heavy atom. The highest BCUT2D eigenvalue weighted by atomic mass is 79.9. The average Bonchev–Trinajstić information content (AvgIpc) is 2.68. The Bertz CT molecular complexity index is 721. The Morgan fingerprint density at radius 3 is 2.78 bits per heavy atom. The number of hydrogen-bond acceptors (Lipinski definition) is 3. The van der Waals surface area contributed by atoms with Gasteiger partial charge in [0.05, 0.1) is 11.7 Å². The average molecular weight is 307 g/mol. The molecule has 0 unspecified atom stereocenters. The van der Waals surface area contributed by atoms with Crippen LogP contribution < -0.4 is 0 Å². The normalized spacial score (nSPS) is 11.1. The lowest BCUT2D eigenvalue weighted by molar-refractivity contribution is 0.621. The van der Waals surface area contributed by atoms with Crippen LogP contribution in [0.1, 0.15) is 0 Å². The van der Waals surface area contributed by atoms with E-state index in [1.54, 1.807) is 12.3 Å². The lowest BCUT2D eigenvalue weighted by Gasteiger charge is -2.01. The zero-order chi connectivity index (χ0) is 12.7. The summed E-state index contributed by atoms with van der Waals surface area (Å²) in [5.74, 6) is 0.300. The maximum Gasteiger partial charge on any atom is 0.178 e. The minimum atomic E-state index is -0.363. The molecule has 0 N–H and O–H groups in total. The van der Waals surface area contributed by atoms with Crippen LogP contribution in [0.4, 0.5) is 4.39 Å². The van der Waals surface area contributed by atoms with E-state index >= 15 is 0 Å². The van der Waals surface area contributed by atoms with E-state index in [2.05, 4.69) is 30.9 Å². The van der Waals surface area contributed by atoms with Crippen molar-refractivity contribution in [3.8, 4) is 11.5 Å². The molecule has 0 spiro atoms. The van der Waals surface area contributed by atoms with Gasteiger partial charge in [0.25, 0.3) is 0 Å². The Kier molecular flexibility index (Phi) is 2.59. The maximum absolute atomic E-state index is 12.9. The highest BCUT2D eigenvalue weighted by Crippen LogP contribution is 2.23. The molecular weight excluding hydrogens is 299 g/mol. The SMILES string of the molecule is Cn1c(-c2ccc(F)cn2)nc2ncc(Br)cc21. The minimum absolute atomic E-state index is 0.363. The highest BCUT2D eigenvalue weighted by Gasteiger charge is 2.12. The summed E-state index contributed by atoms with van der Waals surface area (Å²) in [4.78, 5) is 12.7. The van der Waals surface area contributed by atoms with Gasteiger partial charge in [-0.3, -0.25) is 0 Å². The quantitative estimate of drug-likeness (QED) is 0.694. The topological polar surface area (TPSA) is 43.6 Å². The van der Waals surface area contributed by atoms with Crippen LogP contribution in [-0.2, 0) is 7.05 Å². The zero-order valence-corrected chi connectivity index (χ0v) is 11.0. The van der Waals surface area contributed by atoms with Crippen molar-refractivity contribution in [2.75, 3.05) is 0 Å². The predicted octanol–water partition coefficient (Wildman–Crippen LogP) is 2.93. The summed E-state index contributed by atoms with van der Waals surface area (Å²) in [6, 6.07) is 4.90. The molecule has 0 saturated carbocycles. The van der Waals surface area contributed by atoms with Crippen molar-refractivity contribution in [1.29, 1.82) is 0 Å². The molecular formula is C12H8BrFN4. The number of halogens is 2. The van der Waals surface area contributed by atoms with E-state index in [-0.39, 0.29) is 5.82 Å². The van der Waals surface area contributed by atoms with Gasteiger partial charge in [-0.1, -0.05) is 0 Å². The van der Waals surface area contributed by atoms with E-state index in [9.17, 15) is 4.39 Å². The maximum atomic E-state index is 12.9. The Balaban J connectivity index is 2.23. The van der Waals surface area contributed by atoms with E-state index < -0.39 is 0 Å². The second kappa shape index (κ2) is 4.13. The van der Waals surface area contributed by atoms with Crippen LogP contribution in [0.2, 0.25) is 0 Å². The Labute approximate surface area is 111 Å².